The van der Waals surface area contributed by atoms with E-state index in [1.54, 1.807) is 23.6 Å². The normalized spacial score (nSPS) is 19.7. The van der Waals surface area contributed by atoms with Gasteiger partial charge in [-0.1, -0.05) is 39.3 Å². The number of carbonyl (C=O) groups excluding carboxylic acids is 1. The zero-order chi connectivity index (χ0) is 28.6. The van der Waals surface area contributed by atoms with E-state index >= 15 is 0 Å². The number of ether oxygens (including phenoxy) is 1. The number of halogens is 4. The van der Waals surface area contributed by atoms with Crippen LogP contribution in [0.5, 0.6) is 0 Å². The van der Waals surface area contributed by atoms with E-state index in [4.69, 9.17) is 20.8 Å². The van der Waals surface area contributed by atoms with Crippen molar-refractivity contribution in [3.63, 3.8) is 0 Å². The molecule has 0 aliphatic carbocycles. The average Bonchev–Trinajstić information content (AvgIpc) is 3.35. The molecule has 2 heterocycles. The lowest BCUT2D eigenvalue weighted by Gasteiger charge is -2.47. The molecule has 2 aromatic rings. The van der Waals surface area contributed by atoms with Crippen molar-refractivity contribution in [1.82, 2.24) is 9.88 Å². The van der Waals surface area contributed by atoms with Crippen LogP contribution in [0, 0.1) is 0 Å². The zero-order valence-corrected chi connectivity index (χ0v) is 23.6. The zero-order valence-electron chi connectivity index (χ0n) is 22.9. The molecule has 0 spiro atoms. The summed E-state index contributed by atoms with van der Waals surface area (Å²) in [6.07, 6.45) is -1.39. The van der Waals surface area contributed by atoms with Crippen molar-refractivity contribution in [3.8, 4) is 0 Å². The molecule has 0 bridgehead atoms. The quantitative estimate of drug-likeness (QED) is 0.361. The summed E-state index contributed by atoms with van der Waals surface area (Å²) < 4.78 is 51.4. The molecule has 1 amide bonds. The number of amides is 1. The number of hydrogen-bond acceptors (Lipinski definition) is 6. The van der Waals surface area contributed by atoms with E-state index in [1.807, 2.05) is 27.7 Å². The highest BCUT2D eigenvalue weighted by Crippen LogP contribution is 2.36. The molecule has 1 aliphatic heterocycles. The molecular weight excluding hydrogens is 523 g/mol. The third-order valence-corrected chi connectivity index (χ3v) is 6.61. The molecule has 0 radical (unpaired) electrons. The number of aliphatic hydroxyl groups excluding tert-OH is 1. The van der Waals surface area contributed by atoms with Crippen LogP contribution in [0.25, 0.3) is 0 Å². The Morgan fingerprint density at radius 2 is 1.82 bits per heavy atom. The Bertz CT molecular complexity index is 1020. The van der Waals surface area contributed by atoms with Crippen LogP contribution in [-0.4, -0.2) is 45.3 Å². The van der Waals surface area contributed by atoms with Crippen LogP contribution < -0.4 is 4.90 Å². The van der Waals surface area contributed by atoms with Crippen molar-refractivity contribution in [2.24, 2.45) is 0 Å². The molecule has 11 heteroatoms. The third-order valence-electron chi connectivity index (χ3n) is 6.39. The minimum atomic E-state index is -4.54. The van der Waals surface area contributed by atoms with Gasteiger partial charge in [0, 0.05) is 29.7 Å². The van der Waals surface area contributed by atoms with Crippen LogP contribution in [0.3, 0.4) is 0 Å². The van der Waals surface area contributed by atoms with E-state index in [2.05, 4.69) is 4.98 Å². The second kappa shape index (κ2) is 14.1. The SMILES string of the molecule is CC.CC[C@@H]1CC(N(Cc2cc(Cl)cc(C(F)(F)F)c2)c2nc(CO)co2)C[C@H](CC)N1C(=O)OC(C)C. The number of aromatic nitrogens is 1. The summed E-state index contributed by atoms with van der Waals surface area (Å²) in [5, 5.41) is 9.46. The van der Waals surface area contributed by atoms with Crippen LogP contribution in [0.15, 0.2) is 28.9 Å². The molecule has 1 fully saturated rings. The molecule has 38 heavy (non-hydrogen) atoms. The summed E-state index contributed by atoms with van der Waals surface area (Å²) in [5.41, 5.74) is -0.173. The highest BCUT2D eigenvalue weighted by Gasteiger charge is 2.41. The fraction of sp³-hybridized carbons (Fsp3) is 0.630. The van der Waals surface area contributed by atoms with E-state index < -0.39 is 11.7 Å². The van der Waals surface area contributed by atoms with Gasteiger partial charge in [0.15, 0.2) is 0 Å². The molecular formula is C27H39ClF3N3O4. The van der Waals surface area contributed by atoms with Gasteiger partial charge in [-0.05, 0) is 63.3 Å². The van der Waals surface area contributed by atoms with Crippen LogP contribution >= 0.6 is 11.6 Å². The first-order valence-corrected chi connectivity index (χ1v) is 13.5. The molecule has 1 aromatic heterocycles. The maximum Gasteiger partial charge on any atom is 0.416 e. The summed E-state index contributed by atoms with van der Waals surface area (Å²) in [5.74, 6) is 0. The predicted molar refractivity (Wildman–Crippen MR) is 141 cm³/mol. The first kappa shape index (κ1) is 31.8. The van der Waals surface area contributed by atoms with Gasteiger partial charge in [0.05, 0.1) is 18.3 Å². The number of likely N-dealkylation sites (tertiary alicyclic amines) is 1. The topological polar surface area (TPSA) is 79.0 Å². The first-order chi connectivity index (χ1) is 18.0. The molecule has 1 unspecified atom stereocenters. The van der Waals surface area contributed by atoms with Gasteiger partial charge >= 0.3 is 12.3 Å². The van der Waals surface area contributed by atoms with Crippen LogP contribution in [0.1, 0.15) is 84.0 Å². The number of carbonyl (C=O) groups is 1. The molecule has 1 aromatic carbocycles. The Kier molecular flexibility index (Phi) is 11.8. The van der Waals surface area contributed by atoms with Gasteiger partial charge in [-0.2, -0.15) is 18.2 Å². The number of anilines is 1. The van der Waals surface area contributed by atoms with Crippen LogP contribution in [0.4, 0.5) is 24.0 Å². The highest BCUT2D eigenvalue weighted by molar-refractivity contribution is 6.30. The summed E-state index contributed by atoms with van der Waals surface area (Å²) in [7, 11) is 0. The number of rotatable bonds is 8. The van der Waals surface area contributed by atoms with E-state index in [9.17, 15) is 23.1 Å². The van der Waals surface area contributed by atoms with Crippen molar-refractivity contribution >= 4 is 23.7 Å². The second-order valence-corrected chi connectivity index (χ2v) is 9.78. The van der Waals surface area contributed by atoms with Gasteiger partial charge in [-0.3, -0.25) is 0 Å². The molecule has 7 nitrogen and oxygen atoms in total. The highest BCUT2D eigenvalue weighted by atomic mass is 35.5. The minimum Gasteiger partial charge on any atom is -0.447 e. The minimum absolute atomic E-state index is 0.0210. The van der Waals surface area contributed by atoms with E-state index in [1.165, 1.54) is 12.3 Å². The Hall–Kier alpha value is -2.46. The number of nitrogens with zero attached hydrogens (tertiary/aromatic N) is 3. The summed E-state index contributed by atoms with van der Waals surface area (Å²) in [4.78, 5) is 20.8. The summed E-state index contributed by atoms with van der Waals surface area (Å²) in [6.45, 7) is 11.3. The lowest BCUT2D eigenvalue weighted by Crippen LogP contribution is -2.57. The third kappa shape index (κ3) is 8.02. The van der Waals surface area contributed by atoms with Gasteiger partial charge < -0.3 is 24.1 Å². The van der Waals surface area contributed by atoms with Crippen molar-refractivity contribution in [1.29, 1.82) is 0 Å². The standard InChI is InChI=1S/C25H33ClF3N3O4.C2H6/c1-5-20-10-22(11-21(6-2)32(20)24(34)36-15(3)4)31(23-30-19(13-33)14-35-23)12-16-7-17(25(27,28)29)9-18(26)8-16;1-2/h7-9,14-15,20-22,33H,5-6,10-13H2,1-4H3;1-2H3/t20-,21+,22?;. The molecule has 1 N–H and O–H groups in total. The van der Waals surface area contributed by atoms with Crippen LogP contribution in [-0.2, 0) is 24.1 Å². The first-order valence-electron chi connectivity index (χ1n) is 13.1. The average molecular weight is 562 g/mol. The number of alkyl halides is 3. The Balaban J connectivity index is 0.00000247. The van der Waals surface area contributed by atoms with E-state index in [-0.39, 0.29) is 54.5 Å². The fourth-order valence-electron chi connectivity index (χ4n) is 4.75. The Morgan fingerprint density at radius 3 is 2.29 bits per heavy atom. The van der Waals surface area contributed by atoms with Crippen LogP contribution in [0.2, 0.25) is 5.02 Å². The Labute approximate surface area is 227 Å². The van der Waals surface area contributed by atoms with Crippen molar-refractivity contribution in [3.05, 3.63) is 46.3 Å². The second-order valence-electron chi connectivity index (χ2n) is 9.34. The summed E-state index contributed by atoms with van der Waals surface area (Å²) in [6, 6.07) is 3.17. The van der Waals surface area contributed by atoms with Gasteiger partial charge in [0.1, 0.15) is 12.0 Å². The number of aliphatic hydroxyl groups is 1. The maximum absolute atomic E-state index is 13.4. The lowest BCUT2D eigenvalue weighted by molar-refractivity contribution is -0.137. The molecule has 1 saturated heterocycles. The predicted octanol–water partition coefficient (Wildman–Crippen LogP) is 7.44. The molecule has 0 saturated carbocycles. The number of benzene rings is 1. The maximum atomic E-state index is 13.4. The molecule has 3 rings (SSSR count). The largest absolute Gasteiger partial charge is 0.447 e. The number of hydrogen-bond donors (Lipinski definition) is 1. The molecule has 3 atom stereocenters. The van der Waals surface area contributed by atoms with Crippen molar-refractivity contribution in [2.75, 3.05) is 4.90 Å². The number of piperidine rings is 1. The van der Waals surface area contributed by atoms with Crippen molar-refractivity contribution in [2.45, 2.75) is 111 Å². The summed E-state index contributed by atoms with van der Waals surface area (Å²) >= 11 is 6.04. The monoisotopic (exact) mass is 561 g/mol. The number of oxazole rings is 1. The van der Waals surface area contributed by atoms with E-state index in [0.29, 0.717) is 36.9 Å². The van der Waals surface area contributed by atoms with E-state index in [0.717, 1.165) is 12.1 Å². The smallest absolute Gasteiger partial charge is 0.416 e. The molecule has 1 aliphatic rings. The molecule has 214 valence electrons. The lowest BCUT2D eigenvalue weighted by atomic mass is 9.88. The fourth-order valence-corrected chi connectivity index (χ4v) is 5.00. The van der Waals surface area contributed by atoms with Gasteiger partial charge in [0.25, 0.3) is 6.01 Å². The van der Waals surface area contributed by atoms with Gasteiger partial charge in [-0.15, -0.1) is 0 Å². The Morgan fingerprint density at radius 1 is 1.21 bits per heavy atom. The van der Waals surface area contributed by atoms with Gasteiger partial charge in [-0.25, -0.2) is 4.79 Å². The van der Waals surface area contributed by atoms with Crippen molar-refractivity contribution < 1.29 is 32.2 Å². The van der Waals surface area contributed by atoms with Gasteiger partial charge in [0.2, 0.25) is 0 Å².